The van der Waals surface area contributed by atoms with E-state index in [1.807, 2.05) is 43.6 Å². The highest BCUT2D eigenvalue weighted by Crippen LogP contribution is 2.31. The molecule has 1 amide bonds. The third-order valence-electron chi connectivity index (χ3n) is 4.67. The number of rotatable bonds is 4. The summed E-state index contributed by atoms with van der Waals surface area (Å²) in [6.45, 7) is 0.955. The molecule has 1 aromatic carbocycles. The van der Waals surface area contributed by atoms with Crippen molar-refractivity contribution in [2.75, 3.05) is 20.2 Å². The van der Waals surface area contributed by atoms with Gasteiger partial charge in [-0.3, -0.25) is 9.48 Å². The van der Waals surface area contributed by atoms with Crippen molar-refractivity contribution in [3.63, 3.8) is 0 Å². The number of hydrogen-bond donors (Lipinski definition) is 0. The molecule has 0 unspecified atom stereocenters. The second kappa shape index (κ2) is 6.72. The second-order valence-corrected chi connectivity index (χ2v) is 6.30. The number of methoxy groups -OCH3 is 1. The van der Waals surface area contributed by atoms with Crippen LogP contribution >= 0.6 is 0 Å². The Balaban J connectivity index is 1.59. The van der Waals surface area contributed by atoms with Crippen LogP contribution < -0.4 is 0 Å². The highest BCUT2D eigenvalue weighted by Gasteiger charge is 2.39. The van der Waals surface area contributed by atoms with Crippen LogP contribution in [0.15, 0.2) is 47.3 Å². The van der Waals surface area contributed by atoms with E-state index in [1.165, 1.54) is 6.39 Å². The Morgan fingerprint density at radius 2 is 2.08 bits per heavy atom. The number of carbonyl (C=O) groups is 1. The maximum atomic E-state index is 13.0. The van der Waals surface area contributed by atoms with E-state index in [4.69, 9.17) is 9.15 Å². The van der Waals surface area contributed by atoms with Gasteiger partial charge < -0.3 is 14.1 Å². The van der Waals surface area contributed by atoms with E-state index >= 15 is 0 Å². The Hall–Kier alpha value is -3.00. The topological polar surface area (TPSA) is 86.3 Å². The fourth-order valence-electron chi connectivity index (χ4n) is 3.34. The van der Waals surface area contributed by atoms with E-state index in [-0.39, 0.29) is 23.7 Å². The molecule has 8 nitrogen and oxygen atoms in total. The Morgan fingerprint density at radius 3 is 2.77 bits per heavy atom. The molecular weight excluding hydrogens is 334 g/mol. The van der Waals surface area contributed by atoms with Gasteiger partial charge in [0.15, 0.2) is 6.39 Å². The smallest absolute Gasteiger partial charge is 0.292 e. The number of oxazole rings is 1. The molecule has 1 fully saturated rings. The van der Waals surface area contributed by atoms with E-state index in [0.29, 0.717) is 18.8 Å². The summed E-state index contributed by atoms with van der Waals surface area (Å²) in [5.74, 6) is 0.0152. The summed E-state index contributed by atoms with van der Waals surface area (Å²) in [4.78, 5) is 19.0. The molecular formula is C18H19N5O3. The first-order valence-electron chi connectivity index (χ1n) is 8.34. The van der Waals surface area contributed by atoms with Gasteiger partial charge in [-0.25, -0.2) is 4.98 Å². The zero-order valence-electron chi connectivity index (χ0n) is 14.6. The molecule has 0 N–H and O–H groups in total. The lowest BCUT2D eigenvalue weighted by molar-refractivity contribution is 0.0688. The summed E-state index contributed by atoms with van der Waals surface area (Å²) in [5, 5.41) is 8.16. The highest BCUT2D eigenvalue weighted by molar-refractivity contribution is 5.97. The van der Waals surface area contributed by atoms with E-state index < -0.39 is 0 Å². The molecule has 134 valence electrons. The van der Waals surface area contributed by atoms with Gasteiger partial charge in [0.1, 0.15) is 5.69 Å². The Morgan fingerprint density at radius 1 is 1.27 bits per heavy atom. The number of amides is 1. The summed E-state index contributed by atoms with van der Waals surface area (Å²) >= 11 is 0. The number of carbonyl (C=O) groups excluding carboxylic acids is 1. The number of benzene rings is 1. The standard InChI is InChI=1S/C18H19N5O3/c1-22-9-14(20-21-22)13-8-23(10-15(13)25-2)18(24)17-16(19-11-26-17)12-6-4-3-5-7-12/h3-7,9,11,13,15H,8,10H2,1-2H3/t13-,15+/m0/s1. The van der Waals surface area contributed by atoms with Crippen LogP contribution in [0.3, 0.4) is 0 Å². The van der Waals surface area contributed by atoms with Gasteiger partial charge in [-0.15, -0.1) is 5.10 Å². The highest BCUT2D eigenvalue weighted by atomic mass is 16.5. The molecule has 1 saturated heterocycles. The molecule has 3 heterocycles. The summed E-state index contributed by atoms with van der Waals surface area (Å²) in [7, 11) is 3.46. The zero-order chi connectivity index (χ0) is 18.1. The van der Waals surface area contributed by atoms with Crippen LogP contribution in [0, 0.1) is 0 Å². The van der Waals surface area contributed by atoms with Crippen molar-refractivity contribution in [1.82, 2.24) is 24.9 Å². The van der Waals surface area contributed by atoms with Crippen LogP contribution in [-0.2, 0) is 11.8 Å². The first kappa shape index (κ1) is 16.5. The molecule has 2 atom stereocenters. The minimum Gasteiger partial charge on any atom is -0.438 e. The molecule has 0 aliphatic carbocycles. The van der Waals surface area contributed by atoms with E-state index in [1.54, 1.807) is 16.7 Å². The molecule has 26 heavy (non-hydrogen) atoms. The van der Waals surface area contributed by atoms with Crippen LogP contribution in [0.5, 0.6) is 0 Å². The molecule has 0 spiro atoms. The fourth-order valence-corrected chi connectivity index (χ4v) is 3.34. The number of hydrogen-bond acceptors (Lipinski definition) is 6. The van der Waals surface area contributed by atoms with Crippen molar-refractivity contribution in [2.45, 2.75) is 12.0 Å². The molecule has 2 aromatic heterocycles. The number of aryl methyl sites for hydroxylation is 1. The van der Waals surface area contributed by atoms with Crippen molar-refractivity contribution in [3.8, 4) is 11.3 Å². The van der Waals surface area contributed by atoms with Crippen LogP contribution in [0.1, 0.15) is 22.2 Å². The van der Waals surface area contributed by atoms with Crippen molar-refractivity contribution >= 4 is 5.91 Å². The summed E-state index contributed by atoms with van der Waals surface area (Å²) in [6.07, 6.45) is 3.02. The van der Waals surface area contributed by atoms with Gasteiger partial charge in [-0.05, 0) is 0 Å². The van der Waals surface area contributed by atoms with Gasteiger partial charge in [0.05, 0.1) is 17.7 Å². The number of likely N-dealkylation sites (tertiary alicyclic amines) is 1. The number of nitrogens with zero attached hydrogens (tertiary/aromatic N) is 5. The maximum absolute atomic E-state index is 13.0. The van der Waals surface area contributed by atoms with Crippen LogP contribution in [0.2, 0.25) is 0 Å². The van der Waals surface area contributed by atoms with Gasteiger partial charge in [-0.1, -0.05) is 35.5 Å². The molecule has 0 radical (unpaired) electrons. The lowest BCUT2D eigenvalue weighted by Crippen LogP contribution is -2.30. The molecule has 8 heteroatoms. The summed E-state index contributed by atoms with van der Waals surface area (Å²) in [5.41, 5.74) is 2.21. The molecule has 3 aromatic rings. The number of aromatic nitrogens is 4. The van der Waals surface area contributed by atoms with Crippen molar-refractivity contribution in [1.29, 1.82) is 0 Å². The first-order valence-corrected chi connectivity index (χ1v) is 8.34. The van der Waals surface area contributed by atoms with Crippen molar-refractivity contribution < 1.29 is 13.9 Å². The van der Waals surface area contributed by atoms with Crippen molar-refractivity contribution in [3.05, 3.63) is 54.4 Å². The minimum absolute atomic E-state index is 0.0271. The van der Waals surface area contributed by atoms with Gasteiger partial charge in [0, 0.05) is 39.0 Å². The van der Waals surface area contributed by atoms with E-state index in [0.717, 1.165) is 11.3 Å². The van der Waals surface area contributed by atoms with Crippen LogP contribution in [-0.4, -0.2) is 57.1 Å². The average Bonchev–Trinajstić information content (AvgIpc) is 3.40. The normalized spacial score (nSPS) is 19.8. The first-order chi connectivity index (χ1) is 12.7. The third kappa shape index (κ3) is 2.88. The Labute approximate surface area is 150 Å². The average molecular weight is 353 g/mol. The lowest BCUT2D eigenvalue weighted by Gasteiger charge is -2.14. The van der Waals surface area contributed by atoms with Gasteiger partial charge >= 0.3 is 0 Å². The quantitative estimate of drug-likeness (QED) is 0.710. The predicted molar refractivity (Wildman–Crippen MR) is 92.4 cm³/mol. The van der Waals surface area contributed by atoms with E-state index in [9.17, 15) is 4.79 Å². The Kier molecular flexibility index (Phi) is 4.26. The fraction of sp³-hybridized carbons (Fsp3) is 0.333. The predicted octanol–water partition coefficient (Wildman–Crippen LogP) is 1.72. The molecule has 0 bridgehead atoms. The second-order valence-electron chi connectivity index (χ2n) is 6.30. The Bertz CT molecular complexity index is 904. The molecule has 4 rings (SSSR count). The summed E-state index contributed by atoms with van der Waals surface area (Å²) < 4.78 is 12.7. The largest absolute Gasteiger partial charge is 0.438 e. The van der Waals surface area contributed by atoms with Gasteiger partial charge in [0.25, 0.3) is 5.91 Å². The SMILES string of the molecule is CO[C@@H]1CN(C(=O)c2ocnc2-c2ccccc2)C[C@H]1c1cn(C)nn1. The number of ether oxygens (including phenoxy) is 1. The van der Waals surface area contributed by atoms with Crippen molar-refractivity contribution in [2.24, 2.45) is 7.05 Å². The van der Waals surface area contributed by atoms with Gasteiger partial charge in [0.2, 0.25) is 5.76 Å². The molecule has 0 saturated carbocycles. The zero-order valence-corrected chi connectivity index (χ0v) is 14.6. The molecule has 1 aliphatic rings. The maximum Gasteiger partial charge on any atom is 0.292 e. The van der Waals surface area contributed by atoms with E-state index in [2.05, 4.69) is 15.3 Å². The lowest BCUT2D eigenvalue weighted by atomic mass is 10.0. The van der Waals surface area contributed by atoms with Gasteiger partial charge in [-0.2, -0.15) is 0 Å². The monoisotopic (exact) mass is 353 g/mol. The minimum atomic E-state index is -0.199. The summed E-state index contributed by atoms with van der Waals surface area (Å²) in [6, 6.07) is 9.52. The third-order valence-corrected chi connectivity index (χ3v) is 4.67. The van der Waals surface area contributed by atoms with Crippen LogP contribution in [0.4, 0.5) is 0 Å². The molecule has 1 aliphatic heterocycles. The van der Waals surface area contributed by atoms with Crippen LogP contribution in [0.25, 0.3) is 11.3 Å².